The van der Waals surface area contributed by atoms with Crippen molar-refractivity contribution in [2.45, 2.75) is 38.5 Å². The Kier molecular flexibility index (Phi) is 8.68. The van der Waals surface area contributed by atoms with Crippen LogP contribution in [0.2, 0.25) is 0 Å². The van der Waals surface area contributed by atoms with Crippen LogP contribution >= 0.6 is 11.3 Å². The Morgan fingerprint density at radius 1 is 0.596 bits per heavy atom. The highest BCUT2D eigenvalue weighted by atomic mass is 32.1. The molecule has 276 valence electrons. The van der Waals surface area contributed by atoms with Crippen LogP contribution in [0.3, 0.4) is 0 Å². The maximum atomic E-state index is 11.6. The van der Waals surface area contributed by atoms with Crippen molar-refractivity contribution >= 4 is 52.6 Å². The van der Waals surface area contributed by atoms with Gasteiger partial charge in [0.05, 0.1) is 0 Å². The molecule has 0 bridgehead atoms. The van der Waals surface area contributed by atoms with E-state index in [4.69, 9.17) is 0 Å². The summed E-state index contributed by atoms with van der Waals surface area (Å²) in [5.41, 5.74) is 16.3. The molecule has 4 nitrogen and oxygen atoms in total. The summed E-state index contributed by atoms with van der Waals surface area (Å²) in [7, 11) is 0. The molecule has 0 atom stereocenters. The molecule has 1 heterocycles. The Morgan fingerprint density at radius 3 is 1.65 bits per heavy atom. The minimum Gasteiger partial charge on any atom is -0.477 e. The van der Waals surface area contributed by atoms with Crippen LogP contribution in [0.1, 0.15) is 65.3 Å². The van der Waals surface area contributed by atoms with Crippen LogP contribution in [0, 0.1) is 11.3 Å². The maximum Gasteiger partial charge on any atom is 0.346 e. The molecule has 0 aliphatic heterocycles. The Morgan fingerprint density at radius 2 is 1.11 bits per heavy atom. The van der Waals surface area contributed by atoms with E-state index in [0.29, 0.717) is 4.88 Å². The summed E-state index contributed by atoms with van der Waals surface area (Å²) in [6.45, 7) is 9.30. The van der Waals surface area contributed by atoms with E-state index < -0.39 is 5.97 Å². The lowest BCUT2D eigenvalue weighted by atomic mass is 9.82. The monoisotopic (exact) mass is 756 g/mol. The molecule has 9 rings (SSSR count). The number of nitrogens with zero attached hydrogens (tertiary/aromatic N) is 2. The lowest BCUT2D eigenvalue weighted by molar-refractivity contribution is -0.132. The maximum absolute atomic E-state index is 11.6. The highest BCUT2D eigenvalue weighted by molar-refractivity contribution is 7.14. The van der Waals surface area contributed by atoms with Gasteiger partial charge in [0, 0.05) is 43.2 Å². The molecule has 5 heteroatoms. The summed E-state index contributed by atoms with van der Waals surface area (Å²) in [6, 6.07) is 53.8. The predicted octanol–water partition coefficient (Wildman–Crippen LogP) is 13.7. The Bertz CT molecular complexity index is 2730. The van der Waals surface area contributed by atoms with Crippen LogP contribution in [-0.2, 0) is 15.6 Å². The van der Waals surface area contributed by atoms with Gasteiger partial charge < -0.3 is 10.0 Å². The summed E-state index contributed by atoms with van der Waals surface area (Å²) in [5.74, 6) is -1.24. The summed E-state index contributed by atoms with van der Waals surface area (Å²) in [5, 5.41) is 18.9. The molecular formula is C52H40N2O2S. The summed E-state index contributed by atoms with van der Waals surface area (Å²) >= 11 is 1.46. The van der Waals surface area contributed by atoms with Crippen LogP contribution in [0.25, 0.3) is 51.6 Å². The van der Waals surface area contributed by atoms with Crippen molar-refractivity contribution in [3.63, 3.8) is 0 Å². The van der Waals surface area contributed by atoms with E-state index in [0.717, 1.165) is 38.6 Å². The standard InChI is InChI=1S/C52H40N2O2S/c1-51(2)45-16-10-8-14-40(45)42-25-23-37(29-47(42)51)54(38-24-26-43-41-15-9-11-17-46(41)52(3,4)48(43)30-38)36-21-18-33(19-22-36)20-27-49-44(34-12-6-5-7-13-34)31-39(57-49)28-35(32-53)50(55)56/h5-31H,1-4H3,(H,55,56)/b27-20+,35-28+. The van der Waals surface area contributed by atoms with Crippen molar-refractivity contribution in [1.82, 2.24) is 0 Å². The zero-order chi connectivity index (χ0) is 39.5. The average Bonchev–Trinajstić information content (AvgIpc) is 3.82. The number of rotatable bonds is 8. The zero-order valence-corrected chi connectivity index (χ0v) is 33.1. The number of fused-ring (bicyclic) bond motifs is 6. The number of carboxylic acid groups (broad SMARTS) is 1. The molecule has 1 N–H and O–H groups in total. The Hall–Kier alpha value is -6.74. The van der Waals surface area contributed by atoms with Crippen molar-refractivity contribution in [3.8, 4) is 39.4 Å². The number of nitriles is 1. The minimum absolute atomic E-state index is 0.135. The number of hydrogen-bond donors (Lipinski definition) is 1. The Labute approximate surface area is 338 Å². The molecule has 2 aliphatic rings. The van der Waals surface area contributed by atoms with E-state index in [1.165, 1.54) is 61.9 Å². The van der Waals surface area contributed by atoms with E-state index >= 15 is 0 Å². The quantitative estimate of drug-likeness (QED) is 0.124. The number of thiophene rings is 1. The lowest BCUT2D eigenvalue weighted by Gasteiger charge is -2.29. The minimum atomic E-state index is -1.24. The molecular weight excluding hydrogens is 717 g/mol. The highest BCUT2D eigenvalue weighted by Gasteiger charge is 2.37. The second-order valence-electron chi connectivity index (χ2n) is 15.8. The van der Waals surface area contributed by atoms with Gasteiger partial charge in [-0.05, 0) is 110 Å². The van der Waals surface area contributed by atoms with Crippen LogP contribution in [-0.4, -0.2) is 11.1 Å². The van der Waals surface area contributed by atoms with Gasteiger partial charge >= 0.3 is 5.97 Å². The number of carboxylic acids is 1. The van der Waals surface area contributed by atoms with Crippen molar-refractivity contribution in [2.75, 3.05) is 4.90 Å². The van der Waals surface area contributed by atoms with Crippen LogP contribution < -0.4 is 4.90 Å². The van der Waals surface area contributed by atoms with E-state index in [1.54, 1.807) is 6.07 Å². The first kappa shape index (κ1) is 35.9. The molecule has 0 saturated heterocycles. The van der Waals surface area contributed by atoms with Gasteiger partial charge in [0.15, 0.2) is 0 Å². The van der Waals surface area contributed by atoms with Gasteiger partial charge in [-0.2, -0.15) is 5.26 Å². The highest BCUT2D eigenvalue weighted by Crippen LogP contribution is 2.53. The first-order chi connectivity index (χ1) is 27.5. The molecule has 0 radical (unpaired) electrons. The van der Waals surface area contributed by atoms with E-state index in [9.17, 15) is 15.2 Å². The van der Waals surface area contributed by atoms with Crippen molar-refractivity contribution in [2.24, 2.45) is 0 Å². The molecule has 0 fully saturated rings. The number of carbonyl (C=O) groups is 1. The average molecular weight is 757 g/mol. The van der Waals surface area contributed by atoms with Crippen LogP contribution in [0.15, 0.2) is 151 Å². The Balaban J connectivity index is 1.12. The van der Waals surface area contributed by atoms with Gasteiger partial charge in [-0.1, -0.05) is 137 Å². The normalized spacial score (nSPS) is 14.4. The fraction of sp³-hybridized carbons (Fsp3) is 0.115. The number of hydrogen-bond acceptors (Lipinski definition) is 4. The van der Waals surface area contributed by atoms with Crippen LogP contribution in [0.5, 0.6) is 0 Å². The van der Waals surface area contributed by atoms with Crippen molar-refractivity contribution in [1.29, 1.82) is 5.26 Å². The van der Waals surface area contributed by atoms with E-state index in [2.05, 4.69) is 154 Å². The zero-order valence-electron chi connectivity index (χ0n) is 32.2. The molecule has 57 heavy (non-hydrogen) atoms. The SMILES string of the molecule is CC1(C)c2ccccc2-c2ccc(N(c3ccc(/C=C/c4sc(/C=C(\C#N)C(=O)O)cc4-c4ccccc4)cc3)c3ccc4c(c3)C(C)(C)c3ccccc3-4)cc21. The topological polar surface area (TPSA) is 64.3 Å². The third-order valence-corrected chi connectivity index (χ3v) is 12.8. The summed E-state index contributed by atoms with van der Waals surface area (Å²) in [6.07, 6.45) is 5.61. The fourth-order valence-corrected chi connectivity index (χ4v) is 9.79. The molecule has 0 saturated carbocycles. The lowest BCUT2D eigenvalue weighted by Crippen LogP contribution is -2.18. The largest absolute Gasteiger partial charge is 0.477 e. The first-order valence-electron chi connectivity index (χ1n) is 19.2. The first-order valence-corrected chi connectivity index (χ1v) is 20.0. The van der Waals surface area contributed by atoms with Crippen molar-refractivity contribution < 1.29 is 9.90 Å². The van der Waals surface area contributed by atoms with Gasteiger partial charge in [-0.15, -0.1) is 11.3 Å². The molecule has 0 amide bonds. The smallest absolute Gasteiger partial charge is 0.346 e. The molecule has 0 unspecified atom stereocenters. The predicted molar refractivity (Wildman–Crippen MR) is 236 cm³/mol. The third kappa shape index (κ3) is 6.10. The van der Waals surface area contributed by atoms with Gasteiger partial charge in [-0.25, -0.2) is 4.79 Å². The van der Waals surface area contributed by atoms with E-state index in [-0.39, 0.29) is 16.4 Å². The molecule has 2 aliphatic carbocycles. The second kappa shape index (κ2) is 13.8. The molecule has 7 aromatic rings. The molecule has 0 spiro atoms. The second-order valence-corrected chi connectivity index (χ2v) is 16.9. The van der Waals surface area contributed by atoms with Gasteiger partial charge in [0.25, 0.3) is 0 Å². The number of benzene rings is 6. The number of anilines is 3. The number of aliphatic carboxylic acids is 1. The van der Waals surface area contributed by atoms with Crippen LogP contribution in [0.4, 0.5) is 17.1 Å². The third-order valence-electron chi connectivity index (χ3n) is 11.7. The summed E-state index contributed by atoms with van der Waals surface area (Å²) < 4.78 is 0. The van der Waals surface area contributed by atoms with E-state index in [1.807, 2.05) is 36.4 Å². The van der Waals surface area contributed by atoms with Crippen molar-refractivity contribution in [3.05, 3.63) is 189 Å². The summed E-state index contributed by atoms with van der Waals surface area (Å²) in [4.78, 5) is 15.7. The molecule has 1 aromatic heterocycles. The molecule has 6 aromatic carbocycles. The fourth-order valence-electron chi connectivity index (χ4n) is 8.76. The van der Waals surface area contributed by atoms with Gasteiger partial charge in [-0.3, -0.25) is 0 Å². The van der Waals surface area contributed by atoms with Gasteiger partial charge in [0.1, 0.15) is 11.6 Å². The van der Waals surface area contributed by atoms with Gasteiger partial charge in [0.2, 0.25) is 0 Å².